The maximum Gasteiger partial charge on any atom is 0.303 e. The van der Waals surface area contributed by atoms with Crippen LogP contribution >= 0.6 is 0 Å². The van der Waals surface area contributed by atoms with Crippen molar-refractivity contribution in [1.29, 1.82) is 0 Å². The normalized spacial score (nSPS) is 16.4. The Labute approximate surface area is 147 Å². The van der Waals surface area contributed by atoms with Crippen LogP contribution in [0.3, 0.4) is 0 Å². The highest BCUT2D eigenvalue weighted by molar-refractivity contribution is 5.99. The molecule has 2 aromatic carbocycles. The first-order valence-corrected chi connectivity index (χ1v) is 8.27. The zero-order chi connectivity index (χ0) is 17.6. The predicted molar refractivity (Wildman–Crippen MR) is 94.2 cm³/mol. The van der Waals surface area contributed by atoms with Gasteiger partial charge >= 0.3 is 5.97 Å². The minimum atomic E-state index is -0.433. The third-order valence-electron chi connectivity index (χ3n) is 3.99. The SMILES string of the molecule is CC(=O)OC1C=C(Cc2cccc(OCc3ccccc3)c2)C(=O)C1. The van der Waals surface area contributed by atoms with Crippen molar-refractivity contribution in [2.75, 3.05) is 0 Å². The van der Waals surface area contributed by atoms with Crippen LogP contribution in [0.15, 0.2) is 66.2 Å². The van der Waals surface area contributed by atoms with Crippen LogP contribution in [0.1, 0.15) is 24.5 Å². The predicted octanol–water partition coefficient (Wildman–Crippen LogP) is 3.64. The summed E-state index contributed by atoms with van der Waals surface area (Å²) in [6, 6.07) is 17.7. The summed E-state index contributed by atoms with van der Waals surface area (Å²) in [6.07, 6.45) is 2.07. The number of carbonyl (C=O) groups is 2. The largest absolute Gasteiger partial charge is 0.489 e. The summed E-state index contributed by atoms with van der Waals surface area (Å²) < 4.78 is 10.9. The third-order valence-corrected chi connectivity index (χ3v) is 3.99. The van der Waals surface area contributed by atoms with E-state index in [2.05, 4.69) is 0 Å². The molecule has 0 bridgehead atoms. The molecule has 128 valence electrons. The average molecular weight is 336 g/mol. The monoisotopic (exact) mass is 336 g/mol. The van der Waals surface area contributed by atoms with Gasteiger partial charge < -0.3 is 9.47 Å². The van der Waals surface area contributed by atoms with Crippen molar-refractivity contribution in [2.45, 2.75) is 32.5 Å². The number of esters is 1. The fourth-order valence-corrected chi connectivity index (χ4v) is 2.84. The number of hydrogen-bond acceptors (Lipinski definition) is 4. The summed E-state index contributed by atoms with van der Waals surface area (Å²) in [4.78, 5) is 23.1. The lowest BCUT2D eigenvalue weighted by atomic mass is 10.0. The lowest BCUT2D eigenvalue weighted by Crippen LogP contribution is -2.12. The summed E-state index contributed by atoms with van der Waals surface area (Å²) in [5.74, 6) is 0.428. The number of allylic oxidation sites excluding steroid dienone is 1. The Morgan fingerprint density at radius 1 is 1.08 bits per heavy atom. The van der Waals surface area contributed by atoms with Gasteiger partial charge in [0.1, 0.15) is 18.5 Å². The van der Waals surface area contributed by atoms with E-state index in [9.17, 15) is 9.59 Å². The van der Waals surface area contributed by atoms with Crippen LogP contribution < -0.4 is 4.74 Å². The van der Waals surface area contributed by atoms with Crippen molar-refractivity contribution in [3.05, 3.63) is 77.4 Å². The topological polar surface area (TPSA) is 52.6 Å². The number of carbonyl (C=O) groups excluding carboxylic acids is 2. The van der Waals surface area contributed by atoms with Crippen molar-refractivity contribution < 1.29 is 19.1 Å². The van der Waals surface area contributed by atoms with E-state index in [4.69, 9.17) is 9.47 Å². The van der Waals surface area contributed by atoms with E-state index < -0.39 is 6.10 Å². The number of benzene rings is 2. The molecule has 3 rings (SSSR count). The molecule has 0 saturated heterocycles. The van der Waals surface area contributed by atoms with Gasteiger partial charge in [-0.25, -0.2) is 0 Å². The fourth-order valence-electron chi connectivity index (χ4n) is 2.84. The highest BCUT2D eigenvalue weighted by Crippen LogP contribution is 2.23. The Hall–Kier alpha value is -2.88. The van der Waals surface area contributed by atoms with Gasteiger partial charge in [0.15, 0.2) is 5.78 Å². The molecule has 0 aromatic heterocycles. The second-order valence-electron chi connectivity index (χ2n) is 6.07. The molecule has 1 aliphatic rings. The zero-order valence-corrected chi connectivity index (χ0v) is 14.1. The van der Waals surface area contributed by atoms with Gasteiger partial charge in [-0.1, -0.05) is 42.5 Å². The quantitative estimate of drug-likeness (QED) is 0.756. The fraction of sp³-hybridized carbons (Fsp3) is 0.238. The van der Waals surface area contributed by atoms with E-state index in [1.165, 1.54) is 6.92 Å². The van der Waals surface area contributed by atoms with Crippen LogP contribution in [-0.4, -0.2) is 17.9 Å². The van der Waals surface area contributed by atoms with Gasteiger partial charge in [0, 0.05) is 13.3 Å². The second kappa shape index (κ2) is 7.79. The number of Topliss-reactive ketones (excluding diaryl/α,β-unsaturated/α-hetero) is 1. The van der Waals surface area contributed by atoms with Crippen molar-refractivity contribution in [2.24, 2.45) is 0 Å². The van der Waals surface area contributed by atoms with E-state index in [1.54, 1.807) is 6.08 Å². The summed E-state index contributed by atoms with van der Waals surface area (Å²) >= 11 is 0. The van der Waals surface area contributed by atoms with Crippen LogP contribution in [-0.2, 0) is 27.4 Å². The molecule has 0 aliphatic heterocycles. The average Bonchev–Trinajstić information content (AvgIpc) is 2.93. The van der Waals surface area contributed by atoms with E-state index in [0.29, 0.717) is 18.6 Å². The van der Waals surface area contributed by atoms with Crippen molar-refractivity contribution in [1.82, 2.24) is 0 Å². The van der Waals surface area contributed by atoms with Crippen LogP contribution in [0, 0.1) is 0 Å². The number of ether oxygens (including phenoxy) is 2. The molecule has 0 fully saturated rings. The number of ketones is 1. The van der Waals surface area contributed by atoms with E-state index in [-0.39, 0.29) is 18.2 Å². The Morgan fingerprint density at radius 2 is 1.84 bits per heavy atom. The maximum absolute atomic E-state index is 12.1. The van der Waals surface area contributed by atoms with Gasteiger partial charge in [-0.3, -0.25) is 9.59 Å². The summed E-state index contributed by atoms with van der Waals surface area (Å²) in [7, 11) is 0. The molecule has 0 heterocycles. The van der Waals surface area contributed by atoms with Crippen molar-refractivity contribution in [3.8, 4) is 5.75 Å². The molecular weight excluding hydrogens is 316 g/mol. The van der Waals surface area contributed by atoms with Crippen LogP contribution in [0.2, 0.25) is 0 Å². The minimum absolute atomic E-state index is 0.0295. The molecule has 2 aromatic rings. The van der Waals surface area contributed by atoms with Gasteiger partial charge in [-0.2, -0.15) is 0 Å². The second-order valence-corrected chi connectivity index (χ2v) is 6.07. The van der Waals surface area contributed by atoms with Gasteiger partial charge in [0.25, 0.3) is 0 Å². The first-order valence-electron chi connectivity index (χ1n) is 8.27. The number of hydrogen-bond donors (Lipinski definition) is 0. The van der Waals surface area contributed by atoms with E-state index >= 15 is 0 Å². The Kier molecular flexibility index (Phi) is 5.29. The van der Waals surface area contributed by atoms with Crippen molar-refractivity contribution >= 4 is 11.8 Å². The highest BCUT2D eigenvalue weighted by atomic mass is 16.5. The molecular formula is C21H20O4. The molecule has 1 unspecified atom stereocenters. The Balaban J connectivity index is 1.63. The minimum Gasteiger partial charge on any atom is -0.489 e. The molecule has 0 amide bonds. The zero-order valence-electron chi connectivity index (χ0n) is 14.1. The van der Waals surface area contributed by atoms with E-state index in [0.717, 1.165) is 16.9 Å². The first kappa shape index (κ1) is 17.0. The lowest BCUT2D eigenvalue weighted by molar-refractivity contribution is -0.144. The standard InChI is InChI=1S/C21H20O4/c1-15(22)25-20-12-18(21(23)13-20)10-17-8-5-9-19(11-17)24-14-16-6-3-2-4-7-16/h2-9,11-12,20H,10,13-14H2,1H3. The first-order chi connectivity index (χ1) is 12.1. The molecule has 4 heteroatoms. The van der Waals surface area contributed by atoms with E-state index in [1.807, 2.05) is 54.6 Å². The molecule has 25 heavy (non-hydrogen) atoms. The Morgan fingerprint density at radius 3 is 2.60 bits per heavy atom. The van der Waals surface area contributed by atoms with Gasteiger partial charge in [-0.05, 0) is 34.9 Å². The van der Waals surface area contributed by atoms with Crippen LogP contribution in [0.4, 0.5) is 0 Å². The van der Waals surface area contributed by atoms with Gasteiger partial charge in [0.05, 0.1) is 6.42 Å². The molecule has 4 nitrogen and oxygen atoms in total. The smallest absolute Gasteiger partial charge is 0.303 e. The lowest BCUT2D eigenvalue weighted by Gasteiger charge is -2.08. The van der Waals surface area contributed by atoms with Crippen molar-refractivity contribution in [3.63, 3.8) is 0 Å². The Bertz CT molecular complexity index is 793. The molecule has 0 N–H and O–H groups in total. The van der Waals surface area contributed by atoms with Gasteiger partial charge in [0.2, 0.25) is 0 Å². The van der Waals surface area contributed by atoms with Crippen LogP contribution in [0.25, 0.3) is 0 Å². The molecule has 0 spiro atoms. The molecule has 1 aliphatic carbocycles. The molecule has 1 atom stereocenters. The highest BCUT2D eigenvalue weighted by Gasteiger charge is 2.25. The summed E-state index contributed by atoms with van der Waals surface area (Å²) in [5.41, 5.74) is 2.78. The van der Waals surface area contributed by atoms with Crippen LogP contribution in [0.5, 0.6) is 5.75 Å². The maximum atomic E-state index is 12.1. The summed E-state index contributed by atoms with van der Waals surface area (Å²) in [5, 5.41) is 0. The molecule has 0 saturated carbocycles. The molecule has 0 radical (unpaired) electrons. The third kappa shape index (κ3) is 4.80. The number of rotatable bonds is 6. The summed E-state index contributed by atoms with van der Waals surface area (Å²) in [6.45, 7) is 1.85. The van der Waals surface area contributed by atoms with Gasteiger partial charge in [-0.15, -0.1) is 0 Å².